The lowest BCUT2D eigenvalue weighted by atomic mass is 10.0. The molecule has 0 saturated carbocycles. The second-order valence-electron chi connectivity index (χ2n) is 4.45. The summed E-state index contributed by atoms with van der Waals surface area (Å²) >= 11 is 0. The van der Waals surface area contributed by atoms with Crippen LogP contribution < -0.4 is 5.32 Å². The molecule has 100 valence electrons. The van der Waals surface area contributed by atoms with Gasteiger partial charge in [0, 0.05) is 11.3 Å². The van der Waals surface area contributed by atoms with E-state index >= 15 is 0 Å². The van der Waals surface area contributed by atoms with Crippen LogP contribution >= 0.6 is 0 Å². The van der Waals surface area contributed by atoms with E-state index in [1.165, 1.54) is 18.2 Å². The van der Waals surface area contributed by atoms with Gasteiger partial charge in [0.15, 0.2) is 0 Å². The molecule has 0 amide bonds. The number of nitrogens with one attached hydrogen (secondary N) is 1. The molecule has 1 unspecified atom stereocenters. The highest BCUT2D eigenvalue weighted by Gasteiger charge is 2.17. The number of halogens is 2. The Hall–Kier alpha value is -1.81. The smallest absolute Gasteiger partial charge is 0.129 e. The number of likely N-dealkylation sites (N-methyl/N-ethyl adjacent to an activating group) is 1. The summed E-state index contributed by atoms with van der Waals surface area (Å²) in [6.45, 7) is 1.89. The minimum absolute atomic E-state index is 0.0881. The molecule has 1 aromatic heterocycles. The second-order valence-corrected chi connectivity index (χ2v) is 4.45. The van der Waals surface area contributed by atoms with Crippen LogP contribution in [0.5, 0.6) is 0 Å². The molecule has 0 radical (unpaired) electrons. The van der Waals surface area contributed by atoms with Gasteiger partial charge in [-0.05, 0) is 44.7 Å². The van der Waals surface area contributed by atoms with Gasteiger partial charge in [-0.2, -0.15) is 0 Å². The number of aryl methyl sites for hydroxylation is 1. The van der Waals surface area contributed by atoms with Crippen molar-refractivity contribution in [2.75, 3.05) is 7.05 Å². The third kappa shape index (κ3) is 3.15. The summed E-state index contributed by atoms with van der Waals surface area (Å²) in [6.07, 6.45) is 0.228. The average molecular weight is 262 g/mol. The van der Waals surface area contributed by atoms with Crippen LogP contribution in [0.3, 0.4) is 0 Å². The van der Waals surface area contributed by atoms with Crippen LogP contribution in [0.4, 0.5) is 8.78 Å². The summed E-state index contributed by atoms with van der Waals surface area (Å²) in [5.74, 6) is -1.04. The molecular formula is C15H16F2N2. The number of rotatable bonds is 4. The summed E-state index contributed by atoms with van der Waals surface area (Å²) in [5, 5.41) is 3.05. The van der Waals surface area contributed by atoms with E-state index in [0.29, 0.717) is 0 Å². The maximum Gasteiger partial charge on any atom is 0.129 e. The van der Waals surface area contributed by atoms with Gasteiger partial charge >= 0.3 is 0 Å². The Morgan fingerprint density at radius 1 is 1.11 bits per heavy atom. The largest absolute Gasteiger partial charge is 0.311 e. The lowest BCUT2D eigenvalue weighted by Gasteiger charge is -2.17. The fourth-order valence-corrected chi connectivity index (χ4v) is 2.04. The summed E-state index contributed by atoms with van der Waals surface area (Å²) in [7, 11) is 1.76. The number of hydrogen-bond donors (Lipinski definition) is 1. The first-order valence-corrected chi connectivity index (χ1v) is 6.15. The van der Waals surface area contributed by atoms with Crippen molar-refractivity contribution in [2.24, 2.45) is 0 Å². The first kappa shape index (κ1) is 13.6. The van der Waals surface area contributed by atoms with Crippen LogP contribution in [0.1, 0.15) is 23.0 Å². The highest BCUT2D eigenvalue weighted by Crippen LogP contribution is 2.21. The van der Waals surface area contributed by atoms with Gasteiger partial charge in [0.2, 0.25) is 0 Å². The molecule has 0 saturated heterocycles. The Labute approximate surface area is 111 Å². The molecule has 2 nitrogen and oxygen atoms in total. The normalized spacial score (nSPS) is 12.4. The fraction of sp³-hybridized carbons (Fsp3) is 0.267. The zero-order chi connectivity index (χ0) is 13.8. The first-order chi connectivity index (χ1) is 9.11. The van der Waals surface area contributed by atoms with E-state index in [-0.39, 0.29) is 18.0 Å². The molecule has 0 aliphatic rings. The number of hydrogen-bond acceptors (Lipinski definition) is 2. The molecule has 0 fully saturated rings. The molecular weight excluding hydrogens is 246 g/mol. The van der Waals surface area contributed by atoms with Crippen LogP contribution in [0, 0.1) is 18.6 Å². The van der Waals surface area contributed by atoms with Crippen molar-refractivity contribution >= 4 is 0 Å². The van der Waals surface area contributed by atoms with Gasteiger partial charge in [0.05, 0.1) is 11.7 Å². The van der Waals surface area contributed by atoms with Crippen LogP contribution in [0.25, 0.3) is 0 Å². The summed E-state index contributed by atoms with van der Waals surface area (Å²) in [5.41, 5.74) is 1.75. The highest BCUT2D eigenvalue weighted by molar-refractivity contribution is 5.23. The van der Waals surface area contributed by atoms with E-state index in [1.54, 1.807) is 7.05 Å². The van der Waals surface area contributed by atoms with Crippen molar-refractivity contribution in [1.29, 1.82) is 0 Å². The minimum Gasteiger partial charge on any atom is -0.311 e. The molecule has 1 heterocycles. The maximum atomic E-state index is 13.7. The number of aromatic nitrogens is 1. The molecule has 4 heteroatoms. The molecule has 1 atom stereocenters. The third-order valence-electron chi connectivity index (χ3n) is 3.09. The highest BCUT2D eigenvalue weighted by atomic mass is 19.1. The van der Waals surface area contributed by atoms with E-state index in [9.17, 15) is 8.78 Å². The van der Waals surface area contributed by atoms with Gasteiger partial charge in [0.1, 0.15) is 11.6 Å². The predicted molar refractivity (Wildman–Crippen MR) is 70.8 cm³/mol. The molecule has 0 spiro atoms. The third-order valence-corrected chi connectivity index (χ3v) is 3.09. The van der Waals surface area contributed by atoms with Gasteiger partial charge in [-0.1, -0.05) is 12.1 Å². The lowest BCUT2D eigenvalue weighted by Crippen LogP contribution is -2.21. The van der Waals surface area contributed by atoms with Gasteiger partial charge in [-0.3, -0.25) is 4.98 Å². The van der Waals surface area contributed by atoms with Crippen LogP contribution in [-0.4, -0.2) is 12.0 Å². The Morgan fingerprint density at radius 2 is 1.74 bits per heavy atom. The lowest BCUT2D eigenvalue weighted by molar-refractivity contribution is 0.509. The SMILES string of the molecule is CNC(Cc1c(F)cccc1F)c1cccc(C)n1. The Morgan fingerprint density at radius 3 is 2.32 bits per heavy atom. The van der Waals surface area contributed by atoms with E-state index in [0.717, 1.165) is 11.4 Å². The molecule has 1 aromatic carbocycles. The summed E-state index contributed by atoms with van der Waals surface area (Å²) in [6, 6.07) is 9.33. The van der Waals surface area contributed by atoms with Crippen LogP contribution in [-0.2, 0) is 6.42 Å². The van der Waals surface area contributed by atoms with E-state index < -0.39 is 11.6 Å². The van der Waals surface area contributed by atoms with Crippen molar-refractivity contribution in [2.45, 2.75) is 19.4 Å². The summed E-state index contributed by atoms with van der Waals surface area (Å²) in [4.78, 5) is 4.39. The molecule has 0 bridgehead atoms. The zero-order valence-corrected chi connectivity index (χ0v) is 11.0. The Bertz CT molecular complexity index is 550. The Kier molecular flexibility index (Phi) is 4.22. The standard InChI is InChI=1S/C15H16F2N2/c1-10-5-3-8-14(19-10)15(18-2)9-11-12(16)6-4-7-13(11)17/h3-8,15,18H,9H2,1-2H3. The van der Waals surface area contributed by atoms with Gasteiger partial charge < -0.3 is 5.32 Å². The quantitative estimate of drug-likeness (QED) is 0.915. The topological polar surface area (TPSA) is 24.9 Å². The van der Waals surface area contributed by atoms with Crippen molar-refractivity contribution in [3.8, 4) is 0 Å². The zero-order valence-electron chi connectivity index (χ0n) is 11.0. The molecule has 0 aliphatic heterocycles. The van der Waals surface area contributed by atoms with Crippen molar-refractivity contribution in [3.05, 3.63) is 65.0 Å². The number of benzene rings is 1. The van der Waals surface area contributed by atoms with E-state index in [1.807, 2.05) is 25.1 Å². The number of pyridine rings is 1. The van der Waals surface area contributed by atoms with Gasteiger partial charge in [-0.25, -0.2) is 8.78 Å². The monoisotopic (exact) mass is 262 g/mol. The van der Waals surface area contributed by atoms with Crippen molar-refractivity contribution < 1.29 is 8.78 Å². The van der Waals surface area contributed by atoms with E-state index in [4.69, 9.17) is 0 Å². The maximum absolute atomic E-state index is 13.7. The molecule has 19 heavy (non-hydrogen) atoms. The molecule has 1 N–H and O–H groups in total. The van der Waals surface area contributed by atoms with E-state index in [2.05, 4.69) is 10.3 Å². The summed E-state index contributed by atoms with van der Waals surface area (Å²) < 4.78 is 27.3. The van der Waals surface area contributed by atoms with Gasteiger partial charge in [-0.15, -0.1) is 0 Å². The first-order valence-electron chi connectivity index (χ1n) is 6.15. The minimum atomic E-state index is -0.520. The number of nitrogens with zero attached hydrogens (tertiary/aromatic N) is 1. The fourth-order valence-electron chi connectivity index (χ4n) is 2.04. The Balaban J connectivity index is 2.29. The molecule has 2 rings (SSSR count). The van der Waals surface area contributed by atoms with Crippen molar-refractivity contribution in [1.82, 2.24) is 10.3 Å². The van der Waals surface area contributed by atoms with Gasteiger partial charge in [0.25, 0.3) is 0 Å². The van der Waals surface area contributed by atoms with Crippen LogP contribution in [0.2, 0.25) is 0 Å². The van der Waals surface area contributed by atoms with Crippen molar-refractivity contribution in [3.63, 3.8) is 0 Å². The molecule has 2 aromatic rings. The second kappa shape index (κ2) is 5.89. The van der Waals surface area contributed by atoms with Crippen LogP contribution in [0.15, 0.2) is 36.4 Å². The average Bonchev–Trinajstić information content (AvgIpc) is 2.38. The predicted octanol–water partition coefficient (Wildman–Crippen LogP) is 3.17. The molecule has 0 aliphatic carbocycles.